The van der Waals surface area contributed by atoms with Crippen molar-refractivity contribution in [1.82, 2.24) is 5.32 Å². The molecular formula is C15H19F3N2O. The van der Waals surface area contributed by atoms with E-state index in [0.717, 1.165) is 12.8 Å². The van der Waals surface area contributed by atoms with Crippen LogP contribution in [0.2, 0.25) is 0 Å². The third-order valence-corrected chi connectivity index (χ3v) is 5.39. The summed E-state index contributed by atoms with van der Waals surface area (Å²) < 4.78 is 39.4. The molecule has 3 fully saturated rings. The Morgan fingerprint density at radius 3 is 2.29 bits per heavy atom. The Balaban J connectivity index is 1.60. The second-order valence-corrected chi connectivity index (χ2v) is 6.89. The first kappa shape index (κ1) is 14.7. The summed E-state index contributed by atoms with van der Waals surface area (Å²) >= 11 is 0. The van der Waals surface area contributed by atoms with Crippen molar-refractivity contribution in [2.45, 2.75) is 62.7 Å². The molecule has 1 amide bonds. The van der Waals surface area contributed by atoms with Crippen LogP contribution in [-0.2, 0) is 4.79 Å². The topological polar surface area (TPSA) is 55.1 Å². The lowest BCUT2D eigenvalue weighted by Gasteiger charge is -2.29. The summed E-state index contributed by atoms with van der Waals surface area (Å²) in [6.45, 7) is 0. The molecule has 0 spiro atoms. The van der Waals surface area contributed by atoms with Crippen molar-refractivity contribution in [3.8, 4) is 11.8 Å². The molecular weight excluding hydrogens is 281 g/mol. The van der Waals surface area contributed by atoms with Crippen molar-refractivity contribution < 1.29 is 18.0 Å². The van der Waals surface area contributed by atoms with E-state index in [9.17, 15) is 18.0 Å². The van der Waals surface area contributed by atoms with E-state index in [0.29, 0.717) is 12.8 Å². The maximum absolute atomic E-state index is 13.1. The first-order valence-electron chi connectivity index (χ1n) is 7.40. The SMILES string of the molecule is NC1CC(C#CC(=O)NC23CCC(C(F)(F)F)(CC2)C3)C1. The first-order valence-corrected chi connectivity index (χ1v) is 7.40. The molecule has 0 aromatic heterocycles. The minimum absolute atomic E-state index is 0.00518. The van der Waals surface area contributed by atoms with Gasteiger partial charge in [-0.05, 0) is 50.9 Å². The predicted molar refractivity (Wildman–Crippen MR) is 70.9 cm³/mol. The number of amides is 1. The summed E-state index contributed by atoms with van der Waals surface area (Å²) in [5.41, 5.74) is 3.35. The van der Waals surface area contributed by atoms with Gasteiger partial charge < -0.3 is 11.1 Å². The molecule has 3 aliphatic carbocycles. The Bertz CT molecular complexity index is 503. The van der Waals surface area contributed by atoms with Crippen LogP contribution in [0.4, 0.5) is 13.2 Å². The van der Waals surface area contributed by atoms with Crippen molar-refractivity contribution in [3.05, 3.63) is 0 Å². The lowest BCUT2D eigenvalue weighted by Crippen LogP contribution is -2.44. The van der Waals surface area contributed by atoms with Gasteiger partial charge in [-0.2, -0.15) is 13.2 Å². The number of hydrogen-bond acceptors (Lipinski definition) is 2. The molecule has 0 heterocycles. The Hall–Kier alpha value is -1.22. The molecule has 0 aromatic carbocycles. The molecule has 3 aliphatic rings. The summed E-state index contributed by atoms with van der Waals surface area (Å²) in [6, 6.07) is 0.169. The van der Waals surface area contributed by atoms with E-state index >= 15 is 0 Å². The summed E-state index contributed by atoms with van der Waals surface area (Å²) in [5.74, 6) is 5.09. The number of hydrogen-bond donors (Lipinski definition) is 2. The summed E-state index contributed by atoms with van der Waals surface area (Å²) in [4.78, 5) is 11.9. The molecule has 21 heavy (non-hydrogen) atoms. The van der Waals surface area contributed by atoms with Gasteiger partial charge in [0.05, 0.1) is 5.41 Å². The average molecular weight is 300 g/mol. The second-order valence-electron chi connectivity index (χ2n) is 6.89. The van der Waals surface area contributed by atoms with E-state index in [1.165, 1.54) is 0 Å². The number of alkyl halides is 3. The van der Waals surface area contributed by atoms with Crippen LogP contribution in [0.3, 0.4) is 0 Å². The van der Waals surface area contributed by atoms with Crippen LogP contribution >= 0.6 is 0 Å². The Morgan fingerprint density at radius 1 is 1.19 bits per heavy atom. The average Bonchev–Trinajstić information content (AvgIpc) is 2.89. The van der Waals surface area contributed by atoms with Gasteiger partial charge in [-0.15, -0.1) is 0 Å². The van der Waals surface area contributed by atoms with E-state index in [1.54, 1.807) is 0 Å². The molecule has 0 radical (unpaired) electrons. The highest BCUT2D eigenvalue weighted by Gasteiger charge is 2.66. The van der Waals surface area contributed by atoms with Crippen molar-refractivity contribution in [3.63, 3.8) is 0 Å². The number of halogens is 3. The quantitative estimate of drug-likeness (QED) is 0.729. The Labute approximate surface area is 121 Å². The smallest absolute Gasteiger partial charge is 0.340 e. The fourth-order valence-corrected chi connectivity index (χ4v) is 3.98. The molecule has 0 aromatic rings. The zero-order valence-electron chi connectivity index (χ0n) is 11.7. The van der Waals surface area contributed by atoms with Gasteiger partial charge in [0, 0.05) is 17.5 Å². The molecule has 3 N–H and O–H groups in total. The molecule has 0 aliphatic heterocycles. The monoisotopic (exact) mass is 300 g/mol. The summed E-state index contributed by atoms with van der Waals surface area (Å²) in [6.07, 6.45) is -1.56. The number of fused-ring (bicyclic) bond motifs is 2. The minimum atomic E-state index is -4.18. The van der Waals surface area contributed by atoms with Gasteiger partial charge in [0.15, 0.2) is 0 Å². The molecule has 6 heteroatoms. The third-order valence-electron chi connectivity index (χ3n) is 5.39. The highest BCUT2D eigenvalue weighted by atomic mass is 19.4. The Morgan fingerprint density at radius 2 is 1.81 bits per heavy atom. The number of carbonyl (C=O) groups excluding carboxylic acids is 1. The van der Waals surface area contributed by atoms with E-state index < -0.39 is 23.0 Å². The fraction of sp³-hybridized carbons (Fsp3) is 0.800. The van der Waals surface area contributed by atoms with Crippen LogP contribution in [0, 0.1) is 23.2 Å². The van der Waals surface area contributed by atoms with E-state index in [2.05, 4.69) is 17.2 Å². The maximum atomic E-state index is 13.1. The molecule has 0 saturated heterocycles. The summed E-state index contributed by atoms with van der Waals surface area (Å²) in [7, 11) is 0. The van der Waals surface area contributed by atoms with Crippen molar-refractivity contribution in [2.24, 2.45) is 17.1 Å². The van der Waals surface area contributed by atoms with E-state index in [1.807, 2.05) is 0 Å². The highest BCUT2D eigenvalue weighted by molar-refractivity contribution is 5.94. The molecule has 2 bridgehead atoms. The van der Waals surface area contributed by atoms with E-state index in [4.69, 9.17) is 5.73 Å². The van der Waals surface area contributed by atoms with Crippen LogP contribution in [0.25, 0.3) is 0 Å². The van der Waals surface area contributed by atoms with Gasteiger partial charge in [-0.3, -0.25) is 4.79 Å². The predicted octanol–water partition coefficient (Wildman–Crippen LogP) is 2.11. The minimum Gasteiger partial charge on any atom is -0.340 e. The molecule has 0 unspecified atom stereocenters. The number of rotatable bonds is 1. The van der Waals surface area contributed by atoms with Crippen LogP contribution < -0.4 is 11.1 Å². The number of nitrogens with one attached hydrogen (secondary N) is 1. The molecule has 3 rings (SSSR count). The second kappa shape index (κ2) is 4.64. The van der Waals surface area contributed by atoms with Gasteiger partial charge in [-0.1, -0.05) is 5.92 Å². The van der Waals surface area contributed by atoms with Crippen molar-refractivity contribution in [2.75, 3.05) is 0 Å². The molecule has 3 saturated carbocycles. The number of nitrogens with two attached hydrogens (primary N) is 1. The normalized spacial score (nSPS) is 41.1. The molecule has 3 nitrogen and oxygen atoms in total. The zero-order chi connectivity index (χ0) is 15.3. The lowest BCUT2D eigenvalue weighted by atomic mass is 9.81. The highest BCUT2D eigenvalue weighted by Crippen LogP contribution is 2.63. The first-order chi connectivity index (χ1) is 9.74. The van der Waals surface area contributed by atoms with Gasteiger partial charge in [0.2, 0.25) is 0 Å². The maximum Gasteiger partial charge on any atom is 0.394 e. The molecule has 116 valence electrons. The summed E-state index contributed by atoms with van der Waals surface area (Å²) in [5, 5.41) is 2.75. The van der Waals surface area contributed by atoms with Gasteiger partial charge in [-0.25, -0.2) is 0 Å². The Kier molecular flexibility index (Phi) is 3.25. The zero-order valence-corrected chi connectivity index (χ0v) is 11.7. The van der Waals surface area contributed by atoms with Crippen LogP contribution in [0.15, 0.2) is 0 Å². The van der Waals surface area contributed by atoms with Crippen LogP contribution in [0.1, 0.15) is 44.9 Å². The van der Waals surface area contributed by atoms with E-state index in [-0.39, 0.29) is 31.2 Å². The van der Waals surface area contributed by atoms with Crippen LogP contribution in [-0.4, -0.2) is 23.7 Å². The lowest BCUT2D eigenvalue weighted by molar-refractivity contribution is -0.220. The number of carbonyl (C=O) groups is 1. The van der Waals surface area contributed by atoms with Gasteiger partial charge in [0.25, 0.3) is 5.91 Å². The van der Waals surface area contributed by atoms with Crippen molar-refractivity contribution in [1.29, 1.82) is 0 Å². The van der Waals surface area contributed by atoms with Crippen molar-refractivity contribution >= 4 is 5.91 Å². The molecule has 0 atom stereocenters. The van der Waals surface area contributed by atoms with Gasteiger partial charge >= 0.3 is 6.18 Å². The largest absolute Gasteiger partial charge is 0.394 e. The fourth-order valence-electron chi connectivity index (χ4n) is 3.98. The van der Waals surface area contributed by atoms with Crippen LogP contribution in [0.5, 0.6) is 0 Å². The third kappa shape index (κ3) is 2.52. The standard InChI is InChI=1S/C15H19F3N2O/c16-15(17,18)13-3-5-14(9-13,6-4-13)20-12(21)2-1-10-7-11(19)8-10/h10-11H,3-9,19H2,(H,20,21). The van der Waals surface area contributed by atoms with Gasteiger partial charge in [0.1, 0.15) is 0 Å².